The molecule has 5 nitrogen and oxygen atoms in total. The van der Waals surface area contributed by atoms with E-state index in [4.69, 9.17) is 4.74 Å². The highest BCUT2D eigenvalue weighted by Gasteiger charge is 2.29. The SMILES string of the molecule is CNCC1CCCN(S(=O)(=O)c2ccc(OCC(C)C)cc2)C1. The standard InChI is InChI=1S/C17H28N2O3S/c1-14(2)13-22-16-6-8-17(9-7-16)23(20,21)19-10-4-5-15(12-19)11-18-3/h6-9,14-15,18H,4-5,10-13H2,1-3H3. The number of benzene rings is 1. The summed E-state index contributed by atoms with van der Waals surface area (Å²) in [5, 5.41) is 3.14. The topological polar surface area (TPSA) is 58.6 Å². The van der Waals surface area contributed by atoms with Crippen molar-refractivity contribution >= 4 is 10.0 Å². The Labute approximate surface area is 140 Å². The molecule has 1 aliphatic heterocycles. The molecule has 1 aliphatic rings. The largest absolute Gasteiger partial charge is 0.493 e. The first-order valence-electron chi connectivity index (χ1n) is 8.31. The van der Waals surface area contributed by atoms with Crippen molar-refractivity contribution in [3.63, 3.8) is 0 Å². The predicted octanol–water partition coefficient (Wildman–Crippen LogP) is 2.34. The molecule has 2 rings (SSSR count). The van der Waals surface area contributed by atoms with Crippen molar-refractivity contribution in [1.82, 2.24) is 9.62 Å². The van der Waals surface area contributed by atoms with Gasteiger partial charge >= 0.3 is 0 Å². The van der Waals surface area contributed by atoms with E-state index in [2.05, 4.69) is 19.2 Å². The van der Waals surface area contributed by atoms with Gasteiger partial charge in [0, 0.05) is 13.1 Å². The van der Waals surface area contributed by atoms with Crippen molar-refractivity contribution in [2.45, 2.75) is 31.6 Å². The van der Waals surface area contributed by atoms with Gasteiger partial charge in [-0.1, -0.05) is 13.8 Å². The zero-order valence-corrected chi connectivity index (χ0v) is 15.1. The Balaban J connectivity index is 2.06. The molecule has 1 aromatic carbocycles. The molecule has 0 amide bonds. The number of nitrogens with one attached hydrogen (secondary N) is 1. The number of nitrogens with zero attached hydrogens (tertiary/aromatic N) is 1. The van der Waals surface area contributed by atoms with Crippen LogP contribution in [0.1, 0.15) is 26.7 Å². The Morgan fingerprint density at radius 3 is 2.61 bits per heavy atom. The number of ether oxygens (including phenoxy) is 1. The van der Waals surface area contributed by atoms with Gasteiger partial charge in [-0.25, -0.2) is 8.42 Å². The Bertz CT molecular complexity index is 582. The first-order valence-corrected chi connectivity index (χ1v) is 9.75. The highest BCUT2D eigenvalue weighted by molar-refractivity contribution is 7.89. The molecule has 1 fully saturated rings. The smallest absolute Gasteiger partial charge is 0.243 e. The molecule has 23 heavy (non-hydrogen) atoms. The Hall–Kier alpha value is -1.11. The van der Waals surface area contributed by atoms with Gasteiger partial charge in [0.05, 0.1) is 11.5 Å². The summed E-state index contributed by atoms with van der Waals surface area (Å²) in [5.74, 6) is 1.54. The lowest BCUT2D eigenvalue weighted by Gasteiger charge is -2.31. The van der Waals surface area contributed by atoms with Crippen LogP contribution in [0.25, 0.3) is 0 Å². The van der Waals surface area contributed by atoms with Crippen molar-refractivity contribution < 1.29 is 13.2 Å². The van der Waals surface area contributed by atoms with Crippen LogP contribution in [0.3, 0.4) is 0 Å². The van der Waals surface area contributed by atoms with Crippen molar-refractivity contribution in [2.24, 2.45) is 11.8 Å². The maximum absolute atomic E-state index is 12.8. The fourth-order valence-electron chi connectivity index (χ4n) is 2.82. The highest BCUT2D eigenvalue weighted by Crippen LogP contribution is 2.25. The summed E-state index contributed by atoms with van der Waals surface area (Å²) in [6, 6.07) is 6.77. The van der Waals surface area contributed by atoms with E-state index < -0.39 is 10.0 Å². The normalized spacial score (nSPS) is 19.9. The van der Waals surface area contributed by atoms with Gasteiger partial charge in [0.25, 0.3) is 0 Å². The van der Waals surface area contributed by atoms with Crippen LogP contribution < -0.4 is 10.1 Å². The lowest BCUT2D eigenvalue weighted by molar-refractivity contribution is 0.263. The summed E-state index contributed by atoms with van der Waals surface area (Å²) < 4.78 is 32.8. The first kappa shape index (κ1) is 18.2. The van der Waals surface area contributed by atoms with E-state index in [0.29, 0.717) is 42.2 Å². The zero-order chi connectivity index (χ0) is 16.9. The molecule has 0 aromatic heterocycles. The molecule has 1 unspecified atom stereocenters. The van der Waals surface area contributed by atoms with Gasteiger partial charge in [0.15, 0.2) is 0 Å². The molecule has 0 aliphatic carbocycles. The molecule has 1 aromatic rings. The molecule has 0 radical (unpaired) electrons. The summed E-state index contributed by atoms with van der Waals surface area (Å²) in [5.41, 5.74) is 0. The van der Waals surface area contributed by atoms with Crippen LogP contribution in [0, 0.1) is 11.8 Å². The molecule has 6 heteroatoms. The van der Waals surface area contributed by atoms with Gasteiger partial charge in [0.1, 0.15) is 5.75 Å². The molecular weight excluding hydrogens is 312 g/mol. The third kappa shape index (κ3) is 4.93. The van der Waals surface area contributed by atoms with E-state index in [1.807, 2.05) is 7.05 Å². The third-order valence-corrected chi connectivity index (χ3v) is 5.90. The van der Waals surface area contributed by atoms with Gasteiger partial charge < -0.3 is 10.1 Å². The fraction of sp³-hybridized carbons (Fsp3) is 0.647. The number of hydrogen-bond donors (Lipinski definition) is 1. The highest BCUT2D eigenvalue weighted by atomic mass is 32.2. The summed E-state index contributed by atoms with van der Waals surface area (Å²) >= 11 is 0. The third-order valence-electron chi connectivity index (χ3n) is 4.02. The van der Waals surface area contributed by atoms with Gasteiger partial charge in [-0.15, -0.1) is 0 Å². The van der Waals surface area contributed by atoms with Gasteiger partial charge in [-0.3, -0.25) is 0 Å². The minimum absolute atomic E-state index is 0.347. The Morgan fingerprint density at radius 1 is 1.30 bits per heavy atom. The molecule has 0 spiro atoms. The van der Waals surface area contributed by atoms with Crippen LogP contribution in [-0.2, 0) is 10.0 Å². The van der Waals surface area contributed by atoms with Crippen LogP contribution in [0.15, 0.2) is 29.2 Å². The van der Waals surface area contributed by atoms with E-state index in [1.165, 1.54) is 0 Å². The van der Waals surface area contributed by atoms with Crippen molar-refractivity contribution in [1.29, 1.82) is 0 Å². The molecule has 1 heterocycles. The van der Waals surface area contributed by atoms with Crippen LogP contribution in [0.4, 0.5) is 0 Å². The molecular formula is C17H28N2O3S. The lowest BCUT2D eigenvalue weighted by Crippen LogP contribution is -2.42. The van der Waals surface area contributed by atoms with E-state index in [0.717, 1.165) is 19.4 Å². The summed E-state index contributed by atoms with van der Waals surface area (Å²) in [6.07, 6.45) is 2.00. The molecule has 0 saturated carbocycles. The van der Waals surface area contributed by atoms with E-state index in [-0.39, 0.29) is 0 Å². The predicted molar refractivity (Wildman–Crippen MR) is 92.2 cm³/mol. The number of piperidine rings is 1. The Kier molecular flexibility index (Phi) is 6.44. The molecule has 130 valence electrons. The minimum atomic E-state index is -3.41. The Morgan fingerprint density at radius 2 is 2.00 bits per heavy atom. The van der Waals surface area contributed by atoms with Crippen molar-refractivity contribution in [3.8, 4) is 5.75 Å². The minimum Gasteiger partial charge on any atom is -0.493 e. The van der Waals surface area contributed by atoms with Crippen LogP contribution >= 0.6 is 0 Å². The molecule has 1 atom stereocenters. The first-order chi connectivity index (χ1) is 10.9. The van der Waals surface area contributed by atoms with Gasteiger partial charge in [-0.2, -0.15) is 4.31 Å². The maximum Gasteiger partial charge on any atom is 0.243 e. The monoisotopic (exact) mass is 340 g/mol. The molecule has 1 N–H and O–H groups in total. The molecule has 1 saturated heterocycles. The van der Waals surface area contributed by atoms with Crippen LogP contribution in [0.5, 0.6) is 5.75 Å². The summed E-state index contributed by atoms with van der Waals surface area (Å²) in [4.78, 5) is 0.347. The van der Waals surface area contributed by atoms with Gasteiger partial charge in [-0.05, 0) is 62.5 Å². The quantitative estimate of drug-likeness (QED) is 0.828. The number of sulfonamides is 1. The zero-order valence-electron chi connectivity index (χ0n) is 14.3. The second-order valence-corrected chi connectivity index (χ2v) is 8.54. The average molecular weight is 340 g/mol. The summed E-state index contributed by atoms with van der Waals surface area (Å²) in [6.45, 7) is 6.84. The molecule has 0 bridgehead atoms. The van der Waals surface area contributed by atoms with E-state index >= 15 is 0 Å². The van der Waals surface area contributed by atoms with Crippen molar-refractivity contribution in [3.05, 3.63) is 24.3 Å². The van der Waals surface area contributed by atoms with Crippen LogP contribution in [0.2, 0.25) is 0 Å². The second-order valence-electron chi connectivity index (χ2n) is 6.61. The number of rotatable bonds is 7. The second kappa shape index (κ2) is 8.13. The maximum atomic E-state index is 12.8. The van der Waals surface area contributed by atoms with E-state index in [9.17, 15) is 8.42 Å². The fourth-order valence-corrected chi connectivity index (χ4v) is 4.37. The average Bonchev–Trinajstić information content (AvgIpc) is 2.54. The lowest BCUT2D eigenvalue weighted by atomic mass is 10.00. The van der Waals surface area contributed by atoms with Gasteiger partial charge in [0.2, 0.25) is 10.0 Å². The van der Waals surface area contributed by atoms with Crippen LogP contribution in [-0.4, -0.2) is 46.0 Å². The number of hydrogen-bond acceptors (Lipinski definition) is 4. The summed E-state index contributed by atoms with van der Waals surface area (Å²) in [7, 11) is -1.51. The van der Waals surface area contributed by atoms with E-state index in [1.54, 1.807) is 28.6 Å². The van der Waals surface area contributed by atoms with Crippen molar-refractivity contribution in [2.75, 3.05) is 33.3 Å².